The van der Waals surface area contributed by atoms with Gasteiger partial charge in [-0.1, -0.05) is 21.1 Å². The number of hydrogen-bond acceptors (Lipinski definition) is 9. The summed E-state index contributed by atoms with van der Waals surface area (Å²) in [6.07, 6.45) is 0. The van der Waals surface area contributed by atoms with E-state index in [4.69, 9.17) is 9.26 Å². The molecular weight excluding hydrogens is 582 g/mol. The van der Waals surface area contributed by atoms with Gasteiger partial charge >= 0.3 is 17.5 Å². The summed E-state index contributed by atoms with van der Waals surface area (Å²) >= 11 is 6.68. The van der Waals surface area contributed by atoms with E-state index in [0.717, 1.165) is 4.47 Å². The van der Waals surface area contributed by atoms with Gasteiger partial charge in [0.05, 0.1) is 9.40 Å². The van der Waals surface area contributed by atoms with Crippen LogP contribution in [0.15, 0.2) is 31.7 Å². The number of nitrogens with zero attached hydrogens (tertiary/aromatic N) is 5. The van der Waals surface area contributed by atoms with Gasteiger partial charge in [0.2, 0.25) is 0 Å². The van der Waals surface area contributed by atoms with Gasteiger partial charge < -0.3 is 19.9 Å². The van der Waals surface area contributed by atoms with Crippen molar-refractivity contribution in [1.82, 2.24) is 30.6 Å². The Morgan fingerprint density at radius 1 is 1.24 bits per heavy atom. The first-order valence-electron chi connectivity index (χ1n) is 9.79. The lowest BCUT2D eigenvalue weighted by atomic mass is 10.3. The first kappa shape index (κ1) is 25.3. The molecule has 0 fully saturated rings. The number of nitrogens with one attached hydrogen (secondary N) is 2. The van der Waals surface area contributed by atoms with Crippen molar-refractivity contribution in [2.75, 3.05) is 19.7 Å². The van der Waals surface area contributed by atoms with Crippen LogP contribution in [0.25, 0.3) is 0 Å². The summed E-state index contributed by atoms with van der Waals surface area (Å²) < 4.78 is 13.3. The Labute approximate surface area is 209 Å². The van der Waals surface area contributed by atoms with E-state index in [-0.39, 0.29) is 55.2 Å². The molecule has 0 aliphatic carbocycles. The van der Waals surface area contributed by atoms with Crippen LogP contribution in [0.3, 0.4) is 0 Å². The molecule has 2 heterocycles. The van der Waals surface area contributed by atoms with Crippen molar-refractivity contribution in [3.05, 3.63) is 60.4 Å². The monoisotopic (exact) mass is 599 g/mol. The van der Waals surface area contributed by atoms with E-state index in [1.807, 2.05) is 0 Å². The number of benzene rings is 1. The highest BCUT2D eigenvalue weighted by Crippen LogP contribution is 2.28. The molecule has 0 saturated carbocycles. The van der Waals surface area contributed by atoms with Crippen LogP contribution in [0.4, 0.5) is 5.69 Å². The highest BCUT2D eigenvalue weighted by molar-refractivity contribution is 9.11. The number of aromatic nitrogens is 4. The van der Waals surface area contributed by atoms with Gasteiger partial charge in [-0.05, 0) is 48.0 Å². The second-order valence-corrected chi connectivity index (χ2v) is 8.69. The molecule has 0 bridgehead atoms. The zero-order chi connectivity index (χ0) is 24.8. The first-order valence-corrected chi connectivity index (χ1v) is 11.4. The number of hydrogen-bond donors (Lipinski definition) is 2. The first-order chi connectivity index (χ1) is 16.2. The molecule has 0 radical (unpaired) electrons. The van der Waals surface area contributed by atoms with Gasteiger partial charge in [-0.15, -0.1) is 0 Å². The molecule has 1 aromatic carbocycles. The molecule has 3 aromatic rings. The molecule has 3 rings (SSSR count). The zero-order valence-electron chi connectivity index (χ0n) is 18.0. The summed E-state index contributed by atoms with van der Waals surface area (Å²) in [5, 5.41) is 24.1. The van der Waals surface area contributed by atoms with Gasteiger partial charge in [-0.3, -0.25) is 24.4 Å². The number of ether oxygens (including phenoxy) is 1. The van der Waals surface area contributed by atoms with E-state index in [1.54, 1.807) is 25.1 Å². The fourth-order valence-corrected chi connectivity index (χ4v) is 4.05. The van der Waals surface area contributed by atoms with E-state index in [0.29, 0.717) is 15.9 Å². The summed E-state index contributed by atoms with van der Waals surface area (Å²) in [5.41, 5.74) is 0.518. The smallest absolute Gasteiger partial charge is 0.316 e. The van der Waals surface area contributed by atoms with Crippen LogP contribution in [0.2, 0.25) is 0 Å². The van der Waals surface area contributed by atoms with E-state index < -0.39 is 10.8 Å². The predicted octanol–water partition coefficient (Wildman–Crippen LogP) is 2.29. The predicted molar refractivity (Wildman–Crippen MR) is 124 cm³/mol. The Hall–Kier alpha value is -3.33. The molecule has 2 aromatic heterocycles. The van der Waals surface area contributed by atoms with E-state index in [1.165, 1.54) is 11.6 Å². The summed E-state index contributed by atoms with van der Waals surface area (Å²) in [4.78, 5) is 38.7. The lowest BCUT2D eigenvalue weighted by molar-refractivity contribution is -0.386. The van der Waals surface area contributed by atoms with Crippen LogP contribution in [-0.2, 0) is 11.3 Å². The Balaban J connectivity index is 1.42. The maximum absolute atomic E-state index is 12.2. The average Bonchev–Trinajstić information content (AvgIpc) is 3.34. The molecule has 34 heavy (non-hydrogen) atoms. The highest BCUT2D eigenvalue weighted by Gasteiger charge is 2.23. The molecule has 13 nitrogen and oxygen atoms in total. The van der Waals surface area contributed by atoms with Crippen LogP contribution >= 0.6 is 31.9 Å². The van der Waals surface area contributed by atoms with Crippen LogP contribution < -0.4 is 15.4 Å². The quantitative estimate of drug-likeness (QED) is 0.201. The number of aryl methyl sites for hydroxylation is 1. The summed E-state index contributed by atoms with van der Waals surface area (Å²) in [6.45, 7) is 3.18. The fraction of sp³-hybridized carbons (Fsp3) is 0.316. The molecule has 2 N–H and O–H groups in total. The average molecular weight is 601 g/mol. The number of halogens is 2. The standard InChI is InChI=1S/C19H19Br2N7O6/c1-10-17(28(31)32)11(2)27(25-10)8-15-24-19(34-26-15)18(30)23-6-5-22-16(29)9-33-14-4-3-12(20)7-13(14)21/h3-4,7H,5-6,8-9H2,1-2H3,(H,22,29)(H,23,30). The van der Waals surface area contributed by atoms with Gasteiger partial charge in [0.25, 0.3) is 5.91 Å². The molecule has 15 heteroatoms. The van der Waals surface area contributed by atoms with Gasteiger partial charge in [-0.25, -0.2) is 0 Å². The second-order valence-electron chi connectivity index (χ2n) is 6.92. The Bertz CT molecular complexity index is 1230. The molecule has 180 valence electrons. The normalized spacial score (nSPS) is 10.7. The largest absolute Gasteiger partial charge is 0.483 e. The SMILES string of the molecule is Cc1nn(Cc2noc(C(=O)NCCNC(=O)COc3ccc(Br)cc3Br)n2)c(C)c1[N+](=O)[O-]. The van der Waals surface area contributed by atoms with E-state index in [9.17, 15) is 19.7 Å². The Morgan fingerprint density at radius 2 is 1.97 bits per heavy atom. The van der Waals surface area contributed by atoms with E-state index in [2.05, 4.69) is 57.7 Å². The molecule has 0 spiro atoms. The lowest BCUT2D eigenvalue weighted by Crippen LogP contribution is -2.36. The van der Waals surface area contributed by atoms with Crippen molar-refractivity contribution in [2.45, 2.75) is 20.4 Å². The number of nitro groups is 1. The van der Waals surface area contributed by atoms with Crippen molar-refractivity contribution in [2.24, 2.45) is 0 Å². The number of rotatable bonds is 10. The number of amides is 2. The minimum Gasteiger partial charge on any atom is -0.483 e. The number of carbonyl (C=O) groups is 2. The zero-order valence-corrected chi connectivity index (χ0v) is 21.2. The van der Waals surface area contributed by atoms with Crippen molar-refractivity contribution < 1.29 is 23.8 Å². The lowest BCUT2D eigenvalue weighted by Gasteiger charge is -2.09. The topological polar surface area (TPSA) is 167 Å². The maximum atomic E-state index is 12.2. The Morgan fingerprint density at radius 3 is 2.65 bits per heavy atom. The molecule has 0 unspecified atom stereocenters. The molecular formula is C19H19Br2N7O6. The van der Waals surface area contributed by atoms with Crippen LogP contribution in [-0.4, -0.2) is 56.4 Å². The summed E-state index contributed by atoms with van der Waals surface area (Å²) in [7, 11) is 0. The van der Waals surface area contributed by atoms with Crippen LogP contribution in [0.5, 0.6) is 5.75 Å². The second kappa shape index (κ2) is 11.2. The van der Waals surface area contributed by atoms with Gasteiger partial charge in [-0.2, -0.15) is 10.1 Å². The Kier molecular flexibility index (Phi) is 8.33. The van der Waals surface area contributed by atoms with Gasteiger partial charge in [0.1, 0.15) is 23.7 Å². The van der Waals surface area contributed by atoms with Gasteiger partial charge in [0, 0.05) is 17.6 Å². The molecule has 0 saturated heterocycles. The third-order valence-corrected chi connectivity index (χ3v) is 5.58. The maximum Gasteiger partial charge on any atom is 0.316 e. The van der Waals surface area contributed by atoms with Crippen molar-refractivity contribution in [3.8, 4) is 5.75 Å². The number of carbonyl (C=O) groups excluding carboxylic acids is 2. The van der Waals surface area contributed by atoms with E-state index >= 15 is 0 Å². The summed E-state index contributed by atoms with van der Waals surface area (Å²) in [6, 6.07) is 5.31. The molecule has 0 atom stereocenters. The van der Waals surface area contributed by atoms with Crippen molar-refractivity contribution in [1.29, 1.82) is 0 Å². The molecule has 0 aliphatic heterocycles. The molecule has 2 amide bonds. The minimum atomic E-state index is -0.623. The minimum absolute atomic E-state index is 0.00182. The van der Waals surface area contributed by atoms with Crippen LogP contribution in [0, 0.1) is 24.0 Å². The summed E-state index contributed by atoms with van der Waals surface area (Å²) in [5.74, 6) is -0.601. The van der Waals surface area contributed by atoms with Crippen molar-refractivity contribution >= 4 is 49.4 Å². The van der Waals surface area contributed by atoms with Crippen molar-refractivity contribution in [3.63, 3.8) is 0 Å². The fourth-order valence-electron chi connectivity index (χ4n) is 2.89. The third kappa shape index (κ3) is 6.38. The third-order valence-electron chi connectivity index (χ3n) is 4.46. The molecule has 0 aliphatic rings. The highest BCUT2D eigenvalue weighted by atomic mass is 79.9. The van der Waals surface area contributed by atoms with Crippen LogP contribution in [0.1, 0.15) is 27.9 Å². The van der Waals surface area contributed by atoms with Gasteiger partial charge in [0.15, 0.2) is 12.4 Å².